The summed E-state index contributed by atoms with van der Waals surface area (Å²) in [6.07, 6.45) is 0. The summed E-state index contributed by atoms with van der Waals surface area (Å²) in [5.41, 5.74) is 14.4. The van der Waals surface area contributed by atoms with E-state index in [1.165, 1.54) is 93.5 Å². The number of hydrogen-bond acceptors (Lipinski definition) is 0. The Morgan fingerprint density at radius 2 is 0.741 bits per heavy atom. The van der Waals surface area contributed by atoms with Gasteiger partial charge in [-0.1, -0.05) is 164 Å². The van der Waals surface area contributed by atoms with Crippen LogP contribution in [0.15, 0.2) is 206 Å². The molecule has 2 nitrogen and oxygen atoms in total. The van der Waals surface area contributed by atoms with Crippen LogP contribution in [0.5, 0.6) is 0 Å². The van der Waals surface area contributed by atoms with E-state index in [0.717, 1.165) is 5.69 Å². The number of aromatic nitrogens is 2. The van der Waals surface area contributed by atoms with Crippen LogP contribution in [0.25, 0.3) is 99.1 Å². The SMILES string of the molecule is c1ccc(-c2ccccc2-n2c3ccccc3c3ccc(-c4ccc5c6ccccc6n(-c6ccc(-c7cccc8ccccc78)cc6)c5c4)cc32)cc1. The second-order valence-electron chi connectivity index (χ2n) is 14.1. The number of benzene rings is 9. The van der Waals surface area contributed by atoms with Crippen molar-refractivity contribution in [1.82, 2.24) is 9.13 Å². The predicted octanol–water partition coefficient (Wildman–Crippen LogP) is 14.0. The van der Waals surface area contributed by atoms with Gasteiger partial charge in [0.25, 0.3) is 0 Å². The van der Waals surface area contributed by atoms with Gasteiger partial charge in [-0.15, -0.1) is 0 Å². The molecule has 0 radical (unpaired) electrons. The molecule has 0 N–H and O–H groups in total. The van der Waals surface area contributed by atoms with Crippen LogP contribution < -0.4 is 0 Å². The molecule has 0 aliphatic rings. The molecule has 54 heavy (non-hydrogen) atoms. The highest BCUT2D eigenvalue weighted by molar-refractivity contribution is 6.12. The lowest BCUT2D eigenvalue weighted by atomic mass is 9.98. The van der Waals surface area contributed by atoms with Gasteiger partial charge in [0.1, 0.15) is 0 Å². The van der Waals surface area contributed by atoms with Crippen LogP contribution in [0.1, 0.15) is 0 Å². The van der Waals surface area contributed by atoms with Crippen LogP contribution in [-0.4, -0.2) is 9.13 Å². The van der Waals surface area contributed by atoms with Gasteiger partial charge in [0.05, 0.1) is 27.8 Å². The van der Waals surface area contributed by atoms with Gasteiger partial charge in [-0.25, -0.2) is 0 Å². The van der Waals surface area contributed by atoms with Crippen molar-refractivity contribution in [3.05, 3.63) is 206 Å². The minimum Gasteiger partial charge on any atom is -0.309 e. The normalized spacial score (nSPS) is 11.7. The number of hydrogen-bond donors (Lipinski definition) is 0. The van der Waals surface area contributed by atoms with Crippen molar-refractivity contribution in [2.45, 2.75) is 0 Å². The molecular weight excluding hydrogens is 653 g/mol. The lowest BCUT2D eigenvalue weighted by Gasteiger charge is -2.14. The molecule has 0 bridgehead atoms. The summed E-state index contributed by atoms with van der Waals surface area (Å²) in [7, 11) is 0. The molecule has 9 aromatic carbocycles. The Bertz CT molecular complexity index is 3190. The Morgan fingerprint density at radius 1 is 0.259 bits per heavy atom. The third-order valence-electron chi connectivity index (χ3n) is 11.1. The zero-order chi connectivity index (χ0) is 35.6. The van der Waals surface area contributed by atoms with Crippen molar-refractivity contribution in [3.8, 4) is 44.8 Å². The van der Waals surface area contributed by atoms with Crippen molar-refractivity contribution in [2.75, 3.05) is 0 Å². The first-order valence-corrected chi connectivity index (χ1v) is 18.6. The fourth-order valence-electron chi connectivity index (χ4n) is 8.64. The predicted molar refractivity (Wildman–Crippen MR) is 229 cm³/mol. The second-order valence-corrected chi connectivity index (χ2v) is 14.1. The number of rotatable bonds is 5. The van der Waals surface area contributed by atoms with Gasteiger partial charge in [-0.05, 0) is 81.1 Å². The van der Waals surface area contributed by atoms with Crippen molar-refractivity contribution in [1.29, 1.82) is 0 Å². The largest absolute Gasteiger partial charge is 0.309 e. The highest BCUT2D eigenvalue weighted by atomic mass is 15.0. The molecule has 0 saturated heterocycles. The summed E-state index contributed by atoms with van der Waals surface area (Å²) >= 11 is 0. The number of nitrogens with zero attached hydrogens (tertiary/aromatic N) is 2. The van der Waals surface area contributed by atoms with E-state index in [1.807, 2.05) is 0 Å². The van der Waals surface area contributed by atoms with E-state index in [2.05, 4.69) is 215 Å². The maximum absolute atomic E-state index is 2.45. The smallest absolute Gasteiger partial charge is 0.0547 e. The van der Waals surface area contributed by atoms with Gasteiger partial charge in [0.15, 0.2) is 0 Å². The molecule has 0 aliphatic carbocycles. The van der Waals surface area contributed by atoms with E-state index in [0.29, 0.717) is 0 Å². The van der Waals surface area contributed by atoms with E-state index in [1.54, 1.807) is 0 Å². The highest BCUT2D eigenvalue weighted by Gasteiger charge is 2.18. The first-order chi connectivity index (χ1) is 26.8. The maximum atomic E-state index is 2.45. The zero-order valence-corrected chi connectivity index (χ0v) is 29.5. The molecule has 2 heterocycles. The summed E-state index contributed by atoms with van der Waals surface area (Å²) in [5.74, 6) is 0. The average Bonchev–Trinajstić information content (AvgIpc) is 3.76. The lowest BCUT2D eigenvalue weighted by Crippen LogP contribution is -1.97. The molecule has 0 amide bonds. The van der Waals surface area contributed by atoms with E-state index in [4.69, 9.17) is 0 Å². The molecular formula is C52H34N2. The van der Waals surface area contributed by atoms with Crippen LogP contribution in [0.2, 0.25) is 0 Å². The van der Waals surface area contributed by atoms with E-state index < -0.39 is 0 Å². The molecule has 0 saturated carbocycles. The third-order valence-corrected chi connectivity index (χ3v) is 11.1. The van der Waals surface area contributed by atoms with Crippen molar-refractivity contribution >= 4 is 54.4 Å². The Balaban J connectivity index is 1.09. The monoisotopic (exact) mass is 686 g/mol. The molecule has 0 aliphatic heterocycles. The van der Waals surface area contributed by atoms with Gasteiger partial charge in [0, 0.05) is 32.8 Å². The summed E-state index contributed by atoms with van der Waals surface area (Å²) < 4.78 is 4.87. The number of fused-ring (bicyclic) bond motifs is 7. The van der Waals surface area contributed by atoms with Gasteiger partial charge >= 0.3 is 0 Å². The van der Waals surface area contributed by atoms with Crippen molar-refractivity contribution < 1.29 is 0 Å². The molecule has 0 atom stereocenters. The van der Waals surface area contributed by atoms with Crippen LogP contribution in [0.4, 0.5) is 0 Å². The van der Waals surface area contributed by atoms with Crippen molar-refractivity contribution in [2.24, 2.45) is 0 Å². The molecule has 2 heteroatoms. The van der Waals surface area contributed by atoms with Crippen LogP contribution in [0.3, 0.4) is 0 Å². The molecule has 0 fully saturated rings. The Kier molecular flexibility index (Phi) is 6.90. The molecule has 252 valence electrons. The van der Waals surface area contributed by atoms with Gasteiger partial charge in [-0.3, -0.25) is 0 Å². The fraction of sp³-hybridized carbons (Fsp3) is 0. The van der Waals surface area contributed by atoms with E-state index in [-0.39, 0.29) is 0 Å². The highest BCUT2D eigenvalue weighted by Crippen LogP contribution is 2.40. The van der Waals surface area contributed by atoms with E-state index in [9.17, 15) is 0 Å². The van der Waals surface area contributed by atoms with E-state index >= 15 is 0 Å². The Morgan fingerprint density at radius 3 is 1.46 bits per heavy atom. The topological polar surface area (TPSA) is 9.86 Å². The quantitative estimate of drug-likeness (QED) is 0.171. The first-order valence-electron chi connectivity index (χ1n) is 18.6. The second kappa shape index (κ2) is 12.2. The lowest BCUT2D eigenvalue weighted by molar-refractivity contribution is 1.18. The van der Waals surface area contributed by atoms with Gasteiger partial charge in [-0.2, -0.15) is 0 Å². The molecule has 11 aromatic rings. The Hall–Kier alpha value is -7.16. The van der Waals surface area contributed by atoms with Crippen molar-refractivity contribution in [3.63, 3.8) is 0 Å². The summed E-state index contributed by atoms with van der Waals surface area (Å²) in [4.78, 5) is 0. The van der Waals surface area contributed by atoms with Gasteiger partial charge in [0.2, 0.25) is 0 Å². The van der Waals surface area contributed by atoms with Crippen LogP contribution >= 0.6 is 0 Å². The molecule has 11 rings (SSSR count). The first kappa shape index (κ1) is 30.5. The van der Waals surface area contributed by atoms with Gasteiger partial charge < -0.3 is 9.13 Å². The standard InChI is InChI=1S/C52H34N2/c1-2-13-36(14-3-1)43-18-6-9-22-48(43)54-50-24-11-8-20-45(50)47-32-28-39(34-52(47)54)38-27-31-46-44-19-7-10-23-49(44)53(51(46)33-38)40-29-25-37(26-30-40)42-21-12-16-35-15-4-5-17-41(35)42/h1-34H. The number of para-hydroxylation sites is 3. The van der Waals surface area contributed by atoms with Crippen LogP contribution in [-0.2, 0) is 0 Å². The summed E-state index contributed by atoms with van der Waals surface area (Å²) in [5, 5.41) is 7.54. The zero-order valence-electron chi connectivity index (χ0n) is 29.5. The maximum Gasteiger partial charge on any atom is 0.0547 e. The van der Waals surface area contributed by atoms with Crippen LogP contribution in [0, 0.1) is 0 Å². The molecule has 0 spiro atoms. The minimum absolute atomic E-state index is 1.15. The average molecular weight is 687 g/mol. The summed E-state index contributed by atoms with van der Waals surface area (Å²) in [6, 6.07) is 75.2. The Labute approximate surface area is 313 Å². The summed E-state index contributed by atoms with van der Waals surface area (Å²) in [6.45, 7) is 0. The third kappa shape index (κ3) is 4.74. The minimum atomic E-state index is 1.15. The fourth-order valence-corrected chi connectivity index (χ4v) is 8.64. The molecule has 2 aromatic heterocycles. The molecule has 0 unspecified atom stereocenters.